The summed E-state index contributed by atoms with van der Waals surface area (Å²) in [6, 6.07) is 6.89. The first kappa shape index (κ1) is 11.0. The van der Waals surface area contributed by atoms with Crippen molar-refractivity contribution >= 4 is 17.0 Å². The van der Waals surface area contributed by atoms with Crippen LogP contribution in [0, 0.1) is 5.82 Å². The van der Waals surface area contributed by atoms with Crippen LogP contribution in [-0.4, -0.2) is 7.11 Å². The number of hydrogen-bond donors (Lipinski definition) is 1. The van der Waals surface area contributed by atoms with E-state index in [0.717, 1.165) is 5.69 Å². The molecule has 0 radical (unpaired) electrons. The van der Waals surface area contributed by atoms with Gasteiger partial charge in [-0.25, -0.2) is 4.39 Å². The Morgan fingerprint density at radius 2 is 2.25 bits per heavy atom. The van der Waals surface area contributed by atoms with Gasteiger partial charge in [0.1, 0.15) is 0 Å². The van der Waals surface area contributed by atoms with E-state index in [1.165, 1.54) is 18.7 Å². The van der Waals surface area contributed by atoms with E-state index < -0.39 is 0 Å². The normalized spacial score (nSPS) is 10.1. The maximum absolute atomic E-state index is 13.4. The van der Waals surface area contributed by atoms with Crippen LogP contribution in [0.5, 0.6) is 5.75 Å². The van der Waals surface area contributed by atoms with E-state index in [4.69, 9.17) is 4.74 Å². The van der Waals surface area contributed by atoms with Gasteiger partial charge in [-0.3, -0.25) is 0 Å². The van der Waals surface area contributed by atoms with E-state index in [2.05, 4.69) is 10.7 Å². The summed E-state index contributed by atoms with van der Waals surface area (Å²) in [5.74, 6) is -0.0844. The summed E-state index contributed by atoms with van der Waals surface area (Å²) in [7, 11) is 1.46. The highest BCUT2D eigenvalue weighted by Gasteiger charge is 2.02. The molecule has 0 aliphatic carbocycles. The Bertz CT molecular complexity index is 456. The Morgan fingerprint density at radius 1 is 1.38 bits per heavy atom. The number of thiophene rings is 1. The fraction of sp³-hybridized carbons (Fsp3) is 0.167. The molecule has 0 fully saturated rings. The first-order chi connectivity index (χ1) is 7.79. The molecule has 0 unspecified atom stereocenters. The molecule has 0 aliphatic heterocycles. The van der Waals surface area contributed by atoms with Crippen LogP contribution in [-0.2, 0) is 6.54 Å². The van der Waals surface area contributed by atoms with E-state index >= 15 is 0 Å². The van der Waals surface area contributed by atoms with Crippen LogP contribution >= 0.6 is 11.3 Å². The second-order valence-corrected chi connectivity index (χ2v) is 4.11. The van der Waals surface area contributed by atoms with Gasteiger partial charge >= 0.3 is 0 Å². The predicted octanol–water partition coefficient (Wildman–Crippen LogP) is 3.51. The standard InChI is InChI=1S/C12H12FNOS/c1-15-12-3-2-10(6-11(12)13)14-7-9-4-5-16-8-9/h2-6,8,14H,7H2,1H3. The molecule has 16 heavy (non-hydrogen) atoms. The van der Waals surface area contributed by atoms with Crippen molar-refractivity contribution in [2.45, 2.75) is 6.54 Å². The Balaban J connectivity index is 2.02. The number of hydrogen-bond acceptors (Lipinski definition) is 3. The van der Waals surface area contributed by atoms with E-state index in [0.29, 0.717) is 6.54 Å². The molecule has 0 atom stereocenters. The van der Waals surface area contributed by atoms with E-state index in [1.807, 2.05) is 11.4 Å². The number of ether oxygens (including phenoxy) is 1. The van der Waals surface area contributed by atoms with E-state index in [-0.39, 0.29) is 11.6 Å². The maximum Gasteiger partial charge on any atom is 0.167 e. The van der Waals surface area contributed by atoms with Crippen molar-refractivity contribution in [3.8, 4) is 5.75 Å². The lowest BCUT2D eigenvalue weighted by Gasteiger charge is -2.07. The fourth-order valence-corrected chi connectivity index (χ4v) is 2.04. The van der Waals surface area contributed by atoms with Crippen LogP contribution < -0.4 is 10.1 Å². The summed E-state index contributed by atoms with van der Waals surface area (Å²) >= 11 is 1.65. The predicted molar refractivity (Wildman–Crippen MR) is 64.6 cm³/mol. The molecule has 1 N–H and O–H groups in total. The third kappa shape index (κ3) is 2.52. The molecule has 1 heterocycles. The molecule has 0 amide bonds. The van der Waals surface area contributed by atoms with E-state index in [9.17, 15) is 4.39 Å². The smallest absolute Gasteiger partial charge is 0.167 e. The number of halogens is 1. The fourth-order valence-electron chi connectivity index (χ4n) is 1.37. The number of methoxy groups -OCH3 is 1. The Hall–Kier alpha value is -1.55. The molecule has 2 rings (SSSR count). The first-order valence-corrected chi connectivity index (χ1v) is 5.82. The largest absolute Gasteiger partial charge is 0.494 e. The minimum Gasteiger partial charge on any atom is -0.494 e. The van der Waals surface area contributed by atoms with Crippen LogP contribution in [0.1, 0.15) is 5.56 Å². The number of nitrogens with one attached hydrogen (secondary N) is 1. The maximum atomic E-state index is 13.4. The summed E-state index contributed by atoms with van der Waals surface area (Å²) in [4.78, 5) is 0. The first-order valence-electron chi connectivity index (χ1n) is 4.88. The average molecular weight is 237 g/mol. The van der Waals surface area contributed by atoms with Gasteiger partial charge in [0.2, 0.25) is 0 Å². The van der Waals surface area contributed by atoms with Crippen LogP contribution in [0.2, 0.25) is 0 Å². The Labute approximate surface area is 97.7 Å². The molecule has 0 aliphatic rings. The highest BCUT2D eigenvalue weighted by atomic mass is 32.1. The minimum atomic E-state index is -0.349. The molecule has 0 bridgehead atoms. The number of benzene rings is 1. The van der Waals surface area contributed by atoms with Gasteiger partial charge in [-0.05, 0) is 34.5 Å². The van der Waals surface area contributed by atoms with E-state index in [1.54, 1.807) is 23.5 Å². The van der Waals surface area contributed by atoms with Crippen molar-refractivity contribution in [2.24, 2.45) is 0 Å². The van der Waals surface area contributed by atoms with Gasteiger partial charge < -0.3 is 10.1 Å². The molecular weight excluding hydrogens is 225 g/mol. The lowest BCUT2D eigenvalue weighted by atomic mass is 10.2. The third-order valence-corrected chi connectivity index (χ3v) is 2.96. The Kier molecular flexibility index (Phi) is 3.41. The van der Waals surface area contributed by atoms with Crippen molar-refractivity contribution in [3.63, 3.8) is 0 Å². The second kappa shape index (κ2) is 4.99. The van der Waals surface area contributed by atoms with Crippen LogP contribution in [0.4, 0.5) is 10.1 Å². The van der Waals surface area contributed by atoms with Gasteiger partial charge in [0.15, 0.2) is 11.6 Å². The molecule has 1 aromatic carbocycles. The van der Waals surface area contributed by atoms with Crippen LogP contribution in [0.15, 0.2) is 35.0 Å². The van der Waals surface area contributed by atoms with Gasteiger partial charge in [0, 0.05) is 18.3 Å². The van der Waals surface area contributed by atoms with Crippen molar-refractivity contribution in [1.29, 1.82) is 0 Å². The molecule has 0 saturated heterocycles. The zero-order valence-electron chi connectivity index (χ0n) is 8.87. The summed E-state index contributed by atoms with van der Waals surface area (Å²) in [6.45, 7) is 0.704. The molecule has 84 valence electrons. The van der Waals surface area contributed by atoms with Crippen molar-refractivity contribution in [2.75, 3.05) is 12.4 Å². The van der Waals surface area contributed by atoms with Gasteiger partial charge in [-0.1, -0.05) is 0 Å². The molecule has 0 spiro atoms. The quantitative estimate of drug-likeness (QED) is 0.878. The lowest BCUT2D eigenvalue weighted by molar-refractivity contribution is 0.386. The molecule has 2 aromatic rings. The molecular formula is C12H12FNOS. The average Bonchev–Trinajstić information content (AvgIpc) is 2.79. The van der Waals surface area contributed by atoms with Crippen molar-refractivity contribution in [1.82, 2.24) is 0 Å². The van der Waals surface area contributed by atoms with Crippen molar-refractivity contribution in [3.05, 3.63) is 46.4 Å². The monoisotopic (exact) mass is 237 g/mol. The summed E-state index contributed by atoms with van der Waals surface area (Å²) in [5, 5.41) is 7.23. The minimum absolute atomic E-state index is 0.265. The highest BCUT2D eigenvalue weighted by Crippen LogP contribution is 2.21. The SMILES string of the molecule is COc1ccc(NCc2ccsc2)cc1F. The summed E-state index contributed by atoms with van der Waals surface area (Å²) < 4.78 is 18.2. The van der Waals surface area contributed by atoms with Gasteiger partial charge in [-0.15, -0.1) is 0 Å². The summed E-state index contributed by atoms with van der Waals surface area (Å²) in [6.07, 6.45) is 0. The van der Waals surface area contributed by atoms with Gasteiger partial charge in [-0.2, -0.15) is 11.3 Å². The topological polar surface area (TPSA) is 21.3 Å². The summed E-state index contributed by atoms with van der Waals surface area (Å²) in [5.41, 5.74) is 1.95. The molecule has 2 nitrogen and oxygen atoms in total. The van der Waals surface area contributed by atoms with Crippen molar-refractivity contribution < 1.29 is 9.13 Å². The zero-order valence-corrected chi connectivity index (χ0v) is 9.68. The molecule has 1 aromatic heterocycles. The second-order valence-electron chi connectivity index (χ2n) is 3.33. The molecule has 4 heteroatoms. The number of rotatable bonds is 4. The van der Waals surface area contributed by atoms with Gasteiger partial charge in [0.25, 0.3) is 0 Å². The number of anilines is 1. The van der Waals surface area contributed by atoms with Crippen LogP contribution in [0.3, 0.4) is 0 Å². The van der Waals surface area contributed by atoms with Gasteiger partial charge in [0.05, 0.1) is 7.11 Å². The highest BCUT2D eigenvalue weighted by molar-refractivity contribution is 7.07. The Morgan fingerprint density at radius 3 is 2.88 bits per heavy atom. The molecule has 0 saturated carbocycles. The van der Waals surface area contributed by atoms with Crippen LogP contribution in [0.25, 0.3) is 0 Å². The zero-order chi connectivity index (χ0) is 11.4. The lowest BCUT2D eigenvalue weighted by Crippen LogP contribution is -1.99. The third-order valence-electron chi connectivity index (χ3n) is 2.23.